The van der Waals surface area contributed by atoms with E-state index in [2.05, 4.69) is 0 Å². The molecular formula is C22H25NO5. The molecule has 1 aliphatic rings. The molecular weight excluding hydrogens is 358 g/mol. The lowest BCUT2D eigenvalue weighted by Gasteiger charge is -2.29. The minimum atomic E-state index is -0.0418. The van der Waals surface area contributed by atoms with Crippen LogP contribution in [0.4, 0.5) is 0 Å². The van der Waals surface area contributed by atoms with Gasteiger partial charge in [-0.1, -0.05) is 0 Å². The van der Waals surface area contributed by atoms with Crippen LogP contribution in [0.15, 0.2) is 36.4 Å². The minimum Gasteiger partial charge on any atom is -0.497 e. The van der Waals surface area contributed by atoms with E-state index in [-0.39, 0.29) is 24.5 Å². The third kappa shape index (κ3) is 4.27. The highest BCUT2D eigenvalue weighted by Gasteiger charge is 2.23. The molecule has 0 N–H and O–H groups in total. The van der Waals surface area contributed by atoms with Gasteiger partial charge in [-0.25, -0.2) is 0 Å². The second kappa shape index (κ2) is 8.78. The standard InChI is InChI=1S/C22H25NO5/c1-26-18-6-4-15(5-7-18)19(24)8-9-22(25)23-11-10-16-12-20(27-2)21(28-3)13-17(16)14-23/h4-7,12-13H,8-11,14H2,1-3H3. The number of hydrogen-bond donors (Lipinski definition) is 0. The van der Waals surface area contributed by atoms with Crippen LogP contribution in [0.25, 0.3) is 0 Å². The zero-order valence-electron chi connectivity index (χ0n) is 16.5. The third-order valence-corrected chi connectivity index (χ3v) is 5.05. The zero-order chi connectivity index (χ0) is 20.1. The van der Waals surface area contributed by atoms with Crippen LogP contribution in [-0.2, 0) is 17.8 Å². The summed E-state index contributed by atoms with van der Waals surface area (Å²) in [5.41, 5.74) is 2.81. The molecule has 0 radical (unpaired) electrons. The molecule has 1 aliphatic heterocycles. The lowest BCUT2D eigenvalue weighted by Crippen LogP contribution is -2.36. The van der Waals surface area contributed by atoms with Gasteiger partial charge in [0.25, 0.3) is 0 Å². The van der Waals surface area contributed by atoms with Gasteiger partial charge in [0, 0.05) is 31.5 Å². The van der Waals surface area contributed by atoms with Gasteiger partial charge in [-0.2, -0.15) is 0 Å². The Morgan fingerprint density at radius 1 is 0.893 bits per heavy atom. The number of nitrogens with zero attached hydrogens (tertiary/aromatic N) is 1. The number of ether oxygens (including phenoxy) is 3. The van der Waals surface area contributed by atoms with Crippen molar-refractivity contribution >= 4 is 11.7 Å². The molecule has 0 saturated carbocycles. The molecule has 0 unspecified atom stereocenters. The Labute approximate surface area is 165 Å². The quantitative estimate of drug-likeness (QED) is 0.687. The van der Waals surface area contributed by atoms with Crippen LogP contribution in [0.5, 0.6) is 17.2 Å². The monoisotopic (exact) mass is 383 g/mol. The average Bonchev–Trinajstić information content (AvgIpc) is 2.75. The van der Waals surface area contributed by atoms with Crippen molar-refractivity contribution in [2.45, 2.75) is 25.8 Å². The summed E-state index contributed by atoms with van der Waals surface area (Å²) in [6.45, 7) is 1.16. The number of ketones is 1. The first kappa shape index (κ1) is 19.7. The van der Waals surface area contributed by atoms with Crippen LogP contribution in [0.3, 0.4) is 0 Å². The summed E-state index contributed by atoms with van der Waals surface area (Å²) in [6.07, 6.45) is 1.15. The number of benzene rings is 2. The molecule has 2 aromatic carbocycles. The van der Waals surface area contributed by atoms with E-state index in [0.717, 1.165) is 17.5 Å². The Morgan fingerprint density at radius 2 is 1.54 bits per heavy atom. The molecule has 0 aromatic heterocycles. The molecule has 148 valence electrons. The summed E-state index contributed by atoms with van der Waals surface area (Å²) in [7, 11) is 4.79. The van der Waals surface area contributed by atoms with Crippen LogP contribution < -0.4 is 14.2 Å². The van der Waals surface area contributed by atoms with E-state index >= 15 is 0 Å². The highest BCUT2D eigenvalue weighted by atomic mass is 16.5. The molecule has 0 bridgehead atoms. The number of amides is 1. The molecule has 6 nitrogen and oxygen atoms in total. The zero-order valence-corrected chi connectivity index (χ0v) is 16.5. The maximum Gasteiger partial charge on any atom is 0.223 e. The van der Waals surface area contributed by atoms with Crippen LogP contribution in [0, 0.1) is 0 Å². The first-order chi connectivity index (χ1) is 13.5. The average molecular weight is 383 g/mol. The highest BCUT2D eigenvalue weighted by molar-refractivity contribution is 5.98. The fourth-order valence-electron chi connectivity index (χ4n) is 3.40. The molecule has 0 aliphatic carbocycles. The number of Topliss-reactive ketones (excluding diaryl/α,β-unsaturated/α-hetero) is 1. The highest BCUT2D eigenvalue weighted by Crippen LogP contribution is 2.33. The van der Waals surface area contributed by atoms with Gasteiger partial charge < -0.3 is 19.1 Å². The van der Waals surface area contributed by atoms with Crippen molar-refractivity contribution in [1.29, 1.82) is 0 Å². The molecule has 28 heavy (non-hydrogen) atoms. The predicted molar refractivity (Wildman–Crippen MR) is 105 cm³/mol. The molecule has 2 aromatic rings. The summed E-state index contributed by atoms with van der Waals surface area (Å²) in [5, 5.41) is 0. The third-order valence-electron chi connectivity index (χ3n) is 5.05. The summed E-state index contributed by atoms with van der Waals surface area (Å²) < 4.78 is 15.8. The van der Waals surface area contributed by atoms with Gasteiger partial charge in [0.15, 0.2) is 17.3 Å². The normalized spacial score (nSPS) is 12.9. The van der Waals surface area contributed by atoms with E-state index in [9.17, 15) is 9.59 Å². The lowest BCUT2D eigenvalue weighted by molar-refractivity contribution is -0.132. The topological polar surface area (TPSA) is 65.1 Å². The first-order valence-corrected chi connectivity index (χ1v) is 9.24. The number of hydrogen-bond acceptors (Lipinski definition) is 5. The van der Waals surface area contributed by atoms with Crippen molar-refractivity contribution < 1.29 is 23.8 Å². The van der Waals surface area contributed by atoms with Gasteiger partial charge >= 0.3 is 0 Å². The van der Waals surface area contributed by atoms with Crippen LogP contribution in [-0.4, -0.2) is 44.5 Å². The van der Waals surface area contributed by atoms with Crippen LogP contribution in [0.1, 0.15) is 34.3 Å². The summed E-state index contributed by atoms with van der Waals surface area (Å²) in [4.78, 5) is 26.8. The fourth-order valence-corrected chi connectivity index (χ4v) is 3.40. The Bertz CT molecular complexity index is 860. The van der Waals surface area contributed by atoms with E-state index in [4.69, 9.17) is 14.2 Å². The maximum atomic E-state index is 12.6. The second-order valence-corrected chi connectivity index (χ2v) is 6.69. The minimum absolute atomic E-state index is 0.0118. The first-order valence-electron chi connectivity index (χ1n) is 9.24. The van der Waals surface area contributed by atoms with Gasteiger partial charge in [0.1, 0.15) is 5.75 Å². The number of fused-ring (bicyclic) bond motifs is 1. The molecule has 3 rings (SSSR count). The van der Waals surface area contributed by atoms with Crippen molar-refractivity contribution in [3.63, 3.8) is 0 Å². The summed E-state index contributed by atoms with van der Waals surface area (Å²) >= 11 is 0. The molecule has 0 fully saturated rings. The van der Waals surface area contributed by atoms with Gasteiger partial charge in [-0.15, -0.1) is 0 Å². The number of carbonyl (C=O) groups is 2. The summed E-state index contributed by atoms with van der Waals surface area (Å²) in [6, 6.07) is 10.8. The van der Waals surface area contributed by atoms with E-state index in [0.29, 0.717) is 35.9 Å². The molecule has 0 saturated heterocycles. The Balaban J connectivity index is 1.60. The van der Waals surface area contributed by atoms with E-state index in [1.807, 2.05) is 12.1 Å². The maximum absolute atomic E-state index is 12.6. The Kier molecular flexibility index (Phi) is 6.19. The van der Waals surface area contributed by atoms with E-state index < -0.39 is 0 Å². The molecule has 0 atom stereocenters. The van der Waals surface area contributed by atoms with E-state index in [1.54, 1.807) is 50.5 Å². The van der Waals surface area contributed by atoms with Gasteiger partial charge in [-0.05, 0) is 53.9 Å². The molecule has 6 heteroatoms. The number of rotatable bonds is 7. The molecule has 0 spiro atoms. The largest absolute Gasteiger partial charge is 0.497 e. The number of methoxy groups -OCH3 is 3. The van der Waals surface area contributed by atoms with Gasteiger partial charge in [0.05, 0.1) is 21.3 Å². The van der Waals surface area contributed by atoms with Crippen molar-refractivity contribution in [3.05, 3.63) is 53.1 Å². The van der Waals surface area contributed by atoms with Gasteiger partial charge in [-0.3, -0.25) is 9.59 Å². The van der Waals surface area contributed by atoms with Crippen molar-refractivity contribution in [2.75, 3.05) is 27.9 Å². The molecule has 1 amide bonds. The fraction of sp³-hybridized carbons (Fsp3) is 0.364. The van der Waals surface area contributed by atoms with Crippen molar-refractivity contribution in [3.8, 4) is 17.2 Å². The van der Waals surface area contributed by atoms with E-state index in [1.165, 1.54) is 0 Å². The van der Waals surface area contributed by atoms with Crippen molar-refractivity contribution in [1.82, 2.24) is 4.90 Å². The van der Waals surface area contributed by atoms with Crippen molar-refractivity contribution in [2.24, 2.45) is 0 Å². The Hall–Kier alpha value is -3.02. The summed E-state index contributed by atoms with van der Waals surface area (Å²) in [5.74, 6) is 2.00. The predicted octanol–water partition coefficient (Wildman–Crippen LogP) is 3.26. The van der Waals surface area contributed by atoms with Crippen LogP contribution >= 0.6 is 0 Å². The SMILES string of the molecule is COc1ccc(C(=O)CCC(=O)N2CCc3cc(OC)c(OC)cc3C2)cc1. The Morgan fingerprint density at radius 3 is 2.14 bits per heavy atom. The smallest absolute Gasteiger partial charge is 0.223 e. The lowest BCUT2D eigenvalue weighted by atomic mass is 9.98. The van der Waals surface area contributed by atoms with Gasteiger partial charge in [0.2, 0.25) is 5.91 Å². The van der Waals surface area contributed by atoms with Crippen LogP contribution in [0.2, 0.25) is 0 Å². The number of carbonyl (C=O) groups excluding carboxylic acids is 2. The second-order valence-electron chi connectivity index (χ2n) is 6.69. The molecule has 1 heterocycles.